The second-order valence-electron chi connectivity index (χ2n) is 6.76. The number of rotatable bonds is 3. The van der Waals surface area contributed by atoms with Gasteiger partial charge in [-0.2, -0.15) is 0 Å². The van der Waals surface area contributed by atoms with E-state index in [-0.39, 0.29) is 0 Å². The molecule has 0 aromatic heterocycles. The molecule has 4 heteroatoms. The van der Waals surface area contributed by atoms with Crippen LogP contribution in [-0.2, 0) is 6.42 Å². The lowest BCUT2D eigenvalue weighted by molar-refractivity contribution is 0.108. The number of aryl methyl sites for hydroxylation is 1. The second-order valence-corrected chi connectivity index (χ2v) is 7.14. The summed E-state index contributed by atoms with van der Waals surface area (Å²) in [5.41, 5.74) is 2.49. The largest absolute Gasteiger partial charge is 0.346 e. The van der Waals surface area contributed by atoms with Crippen molar-refractivity contribution in [3.63, 3.8) is 0 Å². The summed E-state index contributed by atoms with van der Waals surface area (Å²) in [6, 6.07) is 9.30. The molecular formula is C19H29N3S. The van der Waals surface area contributed by atoms with E-state index in [9.17, 15) is 0 Å². The van der Waals surface area contributed by atoms with Crippen molar-refractivity contribution in [1.29, 1.82) is 0 Å². The highest BCUT2D eigenvalue weighted by Gasteiger charge is 2.26. The lowest BCUT2D eigenvalue weighted by Crippen LogP contribution is -2.53. The van der Waals surface area contributed by atoms with Crippen LogP contribution in [0, 0.1) is 0 Å². The maximum Gasteiger partial charge on any atom is 0.173 e. The number of thiocarbonyl (C=S) groups is 1. The van der Waals surface area contributed by atoms with Crippen molar-refractivity contribution >= 4 is 23.0 Å². The van der Waals surface area contributed by atoms with Crippen LogP contribution in [-0.4, -0.2) is 47.1 Å². The third-order valence-corrected chi connectivity index (χ3v) is 5.69. The number of nitrogens with one attached hydrogen (secondary N) is 1. The molecule has 126 valence electrons. The highest BCUT2D eigenvalue weighted by atomic mass is 32.1. The fourth-order valence-electron chi connectivity index (χ4n) is 3.88. The molecule has 0 atom stereocenters. The Morgan fingerprint density at radius 2 is 1.78 bits per heavy atom. The molecule has 1 saturated carbocycles. The third-order valence-electron chi connectivity index (χ3n) is 5.33. The van der Waals surface area contributed by atoms with E-state index in [0.717, 1.165) is 49.4 Å². The summed E-state index contributed by atoms with van der Waals surface area (Å²) in [7, 11) is 0. The molecule has 1 aliphatic heterocycles. The zero-order valence-electron chi connectivity index (χ0n) is 14.3. The molecule has 1 aliphatic carbocycles. The summed E-state index contributed by atoms with van der Waals surface area (Å²) in [5.74, 6) is 0. The van der Waals surface area contributed by atoms with Gasteiger partial charge in [-0.05, 0) is 43.1 Å². The Bertz CT molecular complexity index is 517. The molecular weight excluding hydrogens is 302 g/mol. The lowest BCUT2D eigenvalue weighted by atomic mass is 9.94. The van der Waals surface area contributed by atoms with Crippen LogP contribution in [0.15, 0.2) is 24.3 Å². The molecule has 1 aromatic carbocycles. The highest BCUT2D eigenvalue weighted by Crippen LogP contribution is 2.24. The quantitative estimate of drug-likeness (QED) is 0.847. The van der Waals surface area contributed by atoms with Gasteiger partial charge in [-0.3, -0.25) is 4.90 Å². The van der Waals surface area contributed by atoms with Gasteiger partial charge in [0.25, 0.3) is 0 Å². The Morgan fingerprint density at radius 3 is 2.48 bits per heavy atom. The minimum Gasteiger partial charge on any atom is -0.346 e. The molecule has 0 spiro atoms. The van der Waals surface area contributed by atoms with E-state index in [1.165, 1.54) is 37.7 Å². The summed E-state index contributed by atoms with van der Waals surface area (Å²) in [4.78, 5) is 5.03. The van der Waals surface area contributed by atoms with Gasteiger partial charge in [0.05, 0.1) is 0 Å². The first-order chi connectivity index (χ1) is 11.3. The average Bonchev–Trinajstić information content (AvgIpc) is 2.63. The zero-order chi connectivity index (χ0) is 16.1. The third kappa shape index (κ3) is 4.24. The summed E-state index contributed by atoms with van der Waals surface area (Å²) in [6.07, 6.45) is 8.08. The van der Waals surface area contributed by atoms with E-state index in [2.05, 4.69) is 46.3 Å². The summed E-state index contributed by atoms with van der Waals surface area (Å²) in [6.45, 7) is 6.60. The van der Waals surface area contributed by atoms with E-state index in [1.807, 2.05) is 0 Å². The maximum absolute atomic E-state index is 5.65. The summed E-state index contributed by atoms with van der Waals surface area (Å²) < 4.78 is 0. The van der Waals surface area contributed by atoms with Gasteiger partial charge in [0, 0.05) is 37.9 Å². The number of hydrogen-bond acceptors (Lipinski definition) is 2. The molecule has 1 heterocycles. The molecule has 0 bridgehead atoms. The fraction of sp³-hybridized carbons (Fsp3) is 0.632. The van der Waals surface area contributed by atoms with E-state index >= 15 is 0 Å². The Kier molecular flexibility index (Phi) is 5.90. The Hall–Kier alpha value is -1.13. The molecule has 0 unspecified atom stereocenters. The first-order valence-electron chi connectivity index (χ1n) is 9.16. The van der Waals surface area contributed by atoms with Crippen LogP contribution in [0.4, 0.5) is 5.69 Å². The Labute approximate surface area is 146 Å². The van der Waals surface area contributed by atoms with Crippen LogP contribution >= 0.6 is 12.2 Å². The zero-order valence-corrected chi connectivity index (χ0v) is 15.1. The van der Waals surface area contributed by atoms with E-state index in [4.69, 9.17) is 12.2 Å². The molecule has 1 saturated heterocycles. The van der Waals surface area contributed by atoms with Gasteiger partial charge in [-0.25, -0.2) is 0 Å². The Balaban J connectivity index is 1.52. The Morgan fingerprint density at radius 1 is 1.09 bits per heavy atom. The number of para-hydroxylation sites is 1. The number of hydrogen-bond donors (Lipinski definition) is 1. The molecule has 3 nitrogen and oxygen atoms in total. The van der Waals surface area contributed by atoms with E-state index in [1.54, 1.807) is 0 Å². The number of piperazine rings is 1. The van der Waals surface area contributed by atoms with Crippen molar-refractivity contribution in [3.8, 4) is 0 Å². The smallest absolute Gasteiger partial charge is 0.173 e. The molecule has 1 N–H and O–H groups in total. The van der Waals surface area contributed by atoms with Gasteiger partial charge < -0.3 is 10.2 Å². The molecule has 23 heavy (non-hydrogen) atoms. The van der Waals surface area contributed by atoms with Crippen molar-refractivity contribution in [2.24, 2.45) is 0 Å². The normalized spacial score (nSPS) is 20.5. The predicted octanol–water partition coefficient (Wildman–Crippen LogP) is 3.90. The van der Waals surface area contributed by atoms with Crippen LogP contribution in [0.25, 0.3) is 0 Å². The molecule has 2 fully saturated rings. The standard InChI is InChI=1S/C19H29N3S/c1-2-16-8-6-7-11-18(16)20-19(23)22-14-12-21(13-15-22)17-9-4-3-5-10-17/h6-8,11,17H,2-5,9-10,12-15H2,1H3,(H,20,23). The molecule has 0 radical (unpaired) electrons. The van der Waals surface area contributed by atoms with Crippen LogP contribution in [0.5, 0.6) is 0 Å². The number of anilines is 1. The van der Waals surface area contributed by atoms with Crippen molar-refractivity contribution < 1.29 is 0 Å². The van der Waals surface area contributed by atoms with Crippen molar-refractivity contribution in [1.82, 2.24) is 9.80 Å². The van der Waals surface area contributed by atoms with Crippen molar-refractivity contribution in [2.45, 2.75) is 51.5 Å². The molecule has 3 rings (SSSR count). The average molecular weight is 332 g/mol. The molecule has 0 amide bonds. The minimum absolute atomic E-state index is 0.827. The van der Waals surface area contributed by atoms with Gasteiger partial charge in [0.1, 0.15) is 0 Å². The van der Waals surface area contributed by atoms with Crippen molar-refractivity contribution in [2.75, 3.05) is 31.5 Å². The number of benzene rings is 1. The van der Waals surface area contributed by atoms with Crippen LogP contribution in [0.2, 0.25) is 0 Å². The highest BCUT2D eigenvalue weighted by molar-refractivity contribution is 7.80. The summed E-state index contributed by atoms with van der Waals surface area (Å²) >= 11 is 5.65. The van der Waals surface area contributed by atoms with Gasteiger partial charge in [0.15, 0.2) is 5.11 Å². The summed E-state index contributed by atoms with van der Waals surface area (Å²) in [5, 5.41) is 4.35. The van der Waals surface area contributed by atoms with Gasteiger partial charge in [-0.15, -0.1) is 0 Å². The SMILES string of the molecule is CCc1ccccc1NC(=S)N1CCN(C2CCCCC2)CC1. The monoisotopic (exact) mass is 331 g/mol. The van der Waals surface area contributed by atoms with Crippen LogP contribution < -0.4 is 5.32 Å². The molecule has 2 aliphatic rings. The molecule has 1 aromatic rings. The topological polar surface area (TPSA) is 18.5 Å². The van der Waals surface area contributed by atoms with Crippen LogP contribution in [0.3, 0.4) is 0 Å². The predicted molar refractivity (Wildman–Crippen MR) is 102 cm³/mol. The van der Waals surface area contributed by atoms with E-state index < -0.39 is 0 Å². The second kappa shape index (κ2) is 8.11. The maximum atomic E-state index is 5.65. The first kappa shape index (κ1) is 16.7. The van der Waals surface area contributed by atoms with Gasteiger partial charge in [-0.1, -0.05) is 44.4 Å². The minimum atomic E-state index is 0.827. The first-order valence-corrected chi connectivity index (χ1v) is 9.56. The van der Waals surface area contributed by atoms with Gasteiger partial charge >= 0.3 is 0 Å². The fourth-order valence-corrected chi connectivity index (χ4v) is 4.17. The lowest BCUT2D eigenvalue weighted by Gasteiger charge is -2.41. The van der Waals surface area contributed by atoms with Crippen molar-refractivity contribution in [3.05, 3.63) is 29.8 Å². The van der Waals surface area contributed by atoms with E-state index in [0.29, 0.717) is 0 Å². The van der Waals surface area contributed by atoms with Crippen LogP contribution in [0.1, 0.15) is 44.6 Å². The van der Waals surface area contributed by atoms with Gasteiger partial charge in [0.2, 0.25) is 0 Å². The number of nitrogens with zero attached hydrogens (tertiary/aromatic N) is 2.